The summed E-state index contributed by atoms with van der Waals surface area (Å²) in [5.41, 5.74) is 3.95. The van der Waals surface area contributed by atoms with E-state index in [0.29, 0.717) is 28.4 Å². The molecule has 2 spiro atoms. The summed E-state index contributed by atoms with van der Waals surface area (Å²) in [6, 6.07) is 5.34. The molecule has 5 atom stereocenters. The van der Waals surface area contributed by atoms with E-state index in [1.807, 2.05) is 11.6 Å². The number of nitrogens with zero attached hydrogens (tertiary/aromatic N) is 2. The normalized spacial score (nSPS) is 33.9. The lowest BCUT2D eigenvalue weighted by atomic mass is 9.71. The van der Waals surface area contributed by atoms with Gasteiger partial charge in [-0.25, -0.2) is 9.48 Å². The average Bonchev–Trinajstić information content (AvgIpc) is 2.99. The summed E-state index contributed by atoms with van der Waals surface area (Å²) < 4.78 is 1.82. The Morgan fingerprint density at radius 3 is 2.66 bits per heavy atom. The Morgan fingerprint density at radius 1 is 1.22 bits per heavy atom. The Bertz CT molecular complexity index is 1180. The van der Waals surface area contributed by atoms with Gasteiger partial charge in [0.1, 0.15) is 0 Å². The van der Waals surface area contributed by atoms with Crippen LogP contribution in [-0.4, -0.2) is 32.8 Å². The summed E-state index contributed by atoms with van der Waals surface area (Å²) in [5, 5.41) is 17.4. The molecule has 0 radical (unpaired) electrons. The molecule has 1 amide bonds. The topological polar surface area (TPSA) is 84.2 Å². The van der Waals surface area contributed by atoms with Crippen molar-refractivity contribution in [1.29, 1.82) is 0 Å². The first kappa shape index (κ1) is 20.0. The van der Waals surface area contributed by atoms with Crippen LogP contribution in [0.3, 0.4) is 0 Å². The highest BCUT2D eigenvalue weighted by Crippen LogP contribution is 2.87. The monoisotopic (exact) mass is 433 g/mol. The highest BCUT2D eigenvalue weighted by molar-refractivity contribution is 5.96. The zero-order valence-corrected chi connectivity index (χ0v) is 19.2. The molecule has 1 heterocycles. The van der Waals surface area contributed by atoms with Crippen molar-refractivity contribution in [3.05, 3.63) is 46.8 Å². The molecule has 5 aliphatic carbocycles. The van der Waals surface area contributed by atoms with Crippen LogP contribution in [0.4, 0.5) is 0 Å². The average molecular weight is 434 g/mol. The molecule has 2 N–H and O–H groups in total. The summed E-state index contributed by atoms with van der Waals surface area (Å²) in [7, 11) is 0. The third-order valence-corrected chi connectivity index (χ3v) is 8.96. The van der Waals surface area contributed by atoms with Crippen LogP contribution >= 0.6 is 0 Å². The van der Waals surface area contributed by atoms with Gasteiger partial charge in [0.2, 0.25) is 0 Å². The van der Waals surface area contributed by atoms with E-state index in [4.69, 9.17) is 0 Å². The van der Waals surface area contributed by atoms with Crippen molar-refractivity contribution in [2.45, 2.75) is 71.3 Å². The Balaban J connectivity index is 1.35. The van der Waals surface area contributed by atoms with E-state index in [-0.39, 0.29) is 16.9 Å². The Hall–Kier alpha value is -2.63. The van der Waals surface area contributed by atoms with Crippen molar-refractivity contribution in [3.63, 3.8) is 0 Å². The van der Waals surface area contributed by atoms with E-state index in [1.54, 1.807) is 24.4 Å². The third kappa shape index (κ3) is 2.49. The number of nitrogens with one attached hydrogen (secondary N) is 1. The lowest BCUT2D eigenvalue weighted by Crippen LogP contribution is -2.47. The van der Waals surface area contributed by atoms with Crippen LogP contribution in [0.5, 0.6) is 0 Å². The molecule has 5 saturated carbocycles. The van der Waals surface area contributed by atoms with Gasteiger partial charge >= 0.3 is 5.97 Å². The van der Waals surface area contributed by atoms with E-state index in [9.17, 15) is 14.7 Å². The maximum atomic E-state index is 13.6. The summed E-state index contributed by atoms with van der Waals surface area (Å²) in [6.45, 7) is 8.15. The van der Waals surface area contributed by atoms with Crippen molar-refractivity contribution in [2.24, 2.45) is 22.7 Å². The highest BCUT2D eigenvalue weighted by Gasteiger charge is 2.82. The number of aromatic carboxylic acids is 1. The minimum absolute atomic E-state index is 0.0154. The smallest absolute Gasteiger partial charge is 0.335 e. The largest absolute Gasteiger partial charge is 0.478 e. The second kappa shape index (κ2) is 6.03. The van der Waals surface area contributed by atoms with Gasteiger partial charge in [-0.15, -0.1) is 0 Å². The summed E-state index contributed by atoms with van der Waals surface area (Å²) in [5.74, 6) is 0.561. The number of aromatic nitrogens is 2. The van der Waals surface area contributed by atoms with Gasteiger partial charge in [-0.2, -0.15) is 5.10 Å². The van der Waals surface area contributed by atoms with Crippen molar-refractivity contribution in [3.8, 4) is 5.69 Å². The predicted molar refractivity (Wildman–Crippen MR) is 120 cm³/mol. The number of carboxylic acid groups (broad SMARTS) is 1. The molecule has 6 heteroatoms. The van der Waals surface area contributed by atoms with Gasteiger partial charge < -0.3 is 10.4 Å². The van der Waals surface area contributed by atoms with Crippen molar-refractivity contribution in [2.75, 3.05) is 0 Å². The van der Waals surface area contributed by atoms with Crippen LogP contribution in [0.1, 0.15) is 84.8 Å². The zero-order chi connectivity index (χ0) is 22.6. The van der Waals surface area contributed by atoms with E-state index in [1.165, 1.54) is 32.1 Å². The SMILES string of the molecule is Cc1cc(C(=O)O)ccc1-n1ncc(C(=O)NC2C3CC4CC5(C3)CC25C4)c1C(C)(C)C. The molecular formula is C26H31N3O3. The van der Waals surface area contributed by atoms with Gasteiger partial charge in [0, 0.05) is 11.5 Å². The van der Waals surface area contributed by atoms with Crippen LogP contribution < -0.4 is 5.32 Å². The van der Waals surface area contributed by atoms with Gasteiger partial charge in [0.05, 0.1) is 28.7 Å². The van der Waals surface area contributed by atoms with E-state index >= 15 is 0 Å². The van der Waals surface area contributed by atoms with Crippen LogP contribution in [0.2, 0.25) is 0 Å². The molecule has 32 heavy (non-hydrogen) atoms. The predicted octanol–water partition coefficient (Wildman–Crippen LogP) is 4.48. The van der Waals surface area contributed by atoms with Crippen LogP contribution in [0, 0.1) is 29.6 Å². The van der Waals surface area contributed by atoms with E-state index < -0.39 is 5.97 Å². The Morgan fingerprint density at radius 2 is 2.00 bits per heavy atom. The lowest BCUT2D eigenvalue weighted by Gasteiger charge is -2.38. The van der Waals surface area contributed by atoms with Gasteiger partial charge in [-0.3, -0.25) is 4.79 Å². The number of carbonyl (C=O) groups excluding carboxylic acids is 1. The standard InChI is InChI=1S/C26H31N3O3/c1-14-7-16(23(31)32)5-6-19(14)29-21(24(2,3)4)18(12-27-29)22(30)28-20-17-8-15-9-25(11-17)13-26(20,25)10-15/h5-7,12,15,17,20H,8-11,13H2,1-4H3,(H,28,30)(H,31,32). The minimum Gasteiger partial charge on any atom is -0.478 e. The van der Waals surface area contributed by atoms with Crippen LogP contribution in [0.15, 0.2) is 24.4 Å². The molecule has 6 nitrogen and oxygen atoms in total. The molecule has 1 aromatic carbocycles. The fourth-order valence-electron chi connectivity index (χ4n) is 7.99. The number of carboxylic acids is 1. The second-order valence-corrected chi connectivity index (χ2v) is 11.9. The third-order valence-electron chi connectivity index (χ3n) is 8.96. The van der Waals surface area contributed by atoms with Crippen molar-refractivity contribution >= 4 is 11.9 Å². The number of benzene rings is 1. The lowest BCUT2D eigenvalue weighted by molar-refractivity contribution is 0.0696. The molecule has 5 fully saturated rings. The number of rotatable bonds is 4. The number of amides is 1. The maximum absolute atomic E-state index is 13.6. The minimum atomic E-state index is -0.950. The Labute approximate surface area is 188 Å². The van der Waals surface area contributed by atoms with Gasteiger partial charge in [0.25, 0.3) is 5.91 Å². The van der Waals surface area contributed by atoms with Gasteiger partial charge in [-0.1, -0.05) is 20.8 Å². The molecule has 1 aromatic heterocycles. The number of carbonyl (C=O) groups is 2. The van der Waals surface area contributed by atoms with E-state index in [2.05, 4.69) is 31.2 Å². The number of aryl methyl sites for hydroxylation is 1. The molecule has 5 aliphatic rings. The molecule has 0 saturated heterocycles. The quantitative estimate of drug-likeness (QED) is 0.744. The Kier molecular flexibility index (Phi) is 3.77. The first-order valence-corrected chi connectivity index (χ1v) is 11.8. The number of hydrogen-bond acceptors (Lipinski definition) is 3. The fraction of sp³-hybridized carbons (Fsp3) is 0.577. The van der Waals surface area contributed by atoms with Gasteiger partial charge in [0.15, 0.2) is 0 Å². The molecule has 7 rings (SSSR count). The summed E-state index contributed by atoms with van der Waals surface area (Å²) in [4.78, 5) is 25.0. The summed E-state index contributed by atoms with van der Waals surface area (Å²) in [6.07, 6.45) is 8.25. The van der Waals surface area contributed by atoms with Crippen molar-refractivity contribution in [1.82, 2.24) is 15.1 Å². The maximum Gasteiger partial charge on any atom is 0.335 e. The molecular weight excluding hydrogens is 402 g/mol. The number of hydrogen-bond donors (Lipinski definition) is 2. The highest BCUT2D eigenvalue weighted by atomic mass is 16.4. The van der Waals surface area contributed by atoms with E-state index in [0.717, 1.165) is 22.9 Å². The molecule has 2 aromatic rings. The molecule has 0 aliphatic heterocycles. The zero-order valence-electron chi connectivity index (χ0n) is 19.2. The van der Waals surface area contributed by atoms with Crippen molar-refractivity contribution < 1.29 is 14.7 Å². The molecule has 168 valence electrons. The molecule has 5 unspecified atom stereocenters. The van der Waals surface area contributed by atoms with Gasteiger partial charge in [-0.05, 0) is 85.5 Å². The summed E-state index contributed by atoms with van der Waals surface area (Å²) >= 11 is 0. The molecule has 4 bridgehead atoms. The van der Waals surface area contributed by atoms with Crippen LogP contribution in [0.25, 0.3) is 5.69 Å². The van der Waals surface area contributed by atoms with Crippen LogP contribution in [-0.2, 0) is 5.41 Å². The fourth-order valence-corrected chi connectivity index (χ4v) is 7.99. The second-order valence-electron chi connectivity index (χ2n) is 11.9. The first-order valence-electron chi connectivity index (χ1n) is 11.8. The first-order chi connectivity index (χ1) is 15.0.